The van der Waals surface area contributed by atoms with Crippen LogP contribution in [0.3, 0.4) is 0 Å². The maximum Gasteiger partial charge on any atom is 0 e. The molecule has 0 bridgehead atoms. The number of aryl methyl sites for hydroxylation is 6. The third-order valence-corrected chi connectivity index (χ3v) is 20.2. The monoisotopic (exact) mass is 1780 g/mol. The number of fused-ring (bicyclic) bond motifs is 4. The summed E-state index contributed by atoms with van der Waals surface area (Å²) in [7, 11) is 4.64. The predicted octanol–water partition coefficient (Wildman–Crippen LogP) is 27.2. The molecule has 4 atom stereocenters. The minimum atomic E-state index is -0.377. The van der Waals surface area contributed by atoms with Crippen molar-refractivity contribution in [3.8, 4) is 33.8 Å². The quantitative estimate of drug-likeness (QED) is 0.0449. The Kier molecular flexibility index (Phi) is 34.6. The van der Waals surface area contributed by atoms with Crippen LogP contribution in [-0.4, -0.2) is 30.8 Å². The Bertz CT molecular complexity index is 4110. The number of aliphatic hydroxyl groups excluding tert-OH is 1. The van der Waals surface area contributed by atoms with Crippen LogP contribution in [0.1, 0.15) is 215 Å². The van der Waals surface area contributed by atoms with Gasteiger partial charge in [-0.05, 0) is 194 Å². The van der Waals surface area contributed by atoms with Gasteiger partial charge in [-0.15, -0.1) is 69.8 Å². The summed E-state index contributed by atoms with van der Waals surface area (Å²) < 4.78 is 0.927. The molecule has 533 valence electrons. The maximum atomic E-state index is 11.8. The van der Waals surface area contributed by atoms with Gasteiger partial charge in [0.05, 0.1) is 5.69 Å². The largest absolute Gasteiger partial charge is 0 e. The molecule has 1 N–H and O–H groups in total. The summed E-state index contributed by atoms with van der Waals surface area (Å²) in [5, 5.41) is 19.7. The molecular weight excluding hydrogens is 1670 g/mol. The van der Waals surface area contributed by atoms with Crippen molar-refractivity contribution in [3.05, 3.63) is 256 Å². The van der Waals surface area contributed by atoms with Crippen LogP contribution in [0.4, 0.5) is 0 Å². The van der Waals surface area contributed by atoms with Gasteiger partial charge in [-0.1, -0.05) is 215 Å². The predicted molar refractivity (Wildman–Crippen MR) is 428 cm³/mol. The number of nitrogens with zero attached hydrogens (tertiary/aromatic N) is 4. The van der Waals surface area contributed by atoms with E-state index in [4.69, 9.17) is 0 Å². The topological polar surface area (TPSA) is 88.9 Å². The van der Waals surface area contributed by atoms with Crippen molar-refractivity contribution in [2.24, 2.45) is 10.8 Å². The standard InChI is InChI=1S/C21H23N.2C21H22N.C13H14BrN.C13H24O2.CH3.ClH.2Ir/c3*1-5-16(4)17-6-7-20-18(13-17)8-9-22-21(20)19-11-14(2)10-15(3)12-19;1-3-9(2)10-4-5-12-11(8-10)6-7-15-13(12)14;1-7-12(3,4)10(14)9-11(15)13(5,6)8-2;;;;/h6-13,16H,5H2,1-4H3;2*6-11,13,16H,5H2,1-4H3;4-9H,3H2,1-2H3;9,14H,7-8H2,1-6H3;1H3;1H;;/q;2*-1;;;-1;;;+3/p-1. The van der Waals surface area contributed by atoms with Gasteiger partial charge in [0, 0.05) is 78.1 Å². The number of halogens is 2. The van der Waals surface area contributed by atoms with Crippen LogP contribution in [-0.2, 0) is 42.8 Å². The SMILES string of the molecule is CCC(C)(C)C(=O)C=C(O)C(C)(C)CC.CCC(C)c1ccc2c(-c3[c-]c(C)cc(C)c3)nccc2c1.CCC(C)c1ccc2c(-c3[c-]c(C)cc(C)c3)nccc2c1.CCC(C)c1ccc2c(-c3cc(C)cc(C)c3)nccc2c1.CCC(C)c1ccc2c(Br)nccc2c1.[CH3-].[Cl][Ir+2].[Ir]. The van der Waals surface area contributed by atoms with Crippen LogP contribution < -0.4 is 0 Å². The fourth-order valence-corrected chi connectivity index (χ4v) is 12.1. The summed E-state index contributed by atoms with van der Waals surface area (Å²) in [4.78, 5) is 30.0. The number of rotatable bonds is 16. The van der Waals surface area contributed by atoms with Crippen molar-refractivity contribution in [1.29, 1.82) is 0 Å². The summed E-state index contributed by atoms with van der Waals surface area (Å²) in [5.41, 5.74) is 18.8. The van der Waals surface area contributed by atoms with Crippen molar-refractivity contribution in [2.75, 3.05) is 0 Å². The smallest absolute Gasteiger partial charge is 0 e. The summed E-state index contributed by atoms with van der Waals surface area (Å²) in [6, 6.07) is 57.5. The number of hydrogen-bond donors (Lipinski definition) is 1. The first-order chi connectivity index (χ1) is 46.6. The minimum Gasteiger partial charge on any atom is 0 e. The van der Waals surface area contributed by atoms with Gasteiger partial charge in [-0.25, -0.2) is 4.98 Å². The van der Waals surface area contributed by atoms with Gasteiger partial charge in [0.1, 0.15) is 10.4 Å². The van der Waals surface area contributed by atoms with E-state index in [1.54, 1.807) is 0 Å². The number of aromatic nitrogens is 4. The molecule has 4 aromatic heterocycles. The molecule has 0 saturated heterocycles. The molecule has 0 saturated carbocycles. The van der Waals surface area contributed by atoms with E-state index in [9.17, 15) is 9.90 Å². The van der Waals surface area contributed by atoms with Gasteiger partial charge in [-0.2, -0.15) is 0 Å². The summed E-state index contributed by atoms with van der Waals surface area (Å²) in [5.74, 6) is 2.60. The number of allylic oxidation sites excluding steroid dienone is 2. The number of benzene rings is 7. The molecule has 0 aliphatic rings. The molecule has 0 aliphatic heterocycles. The zero-order valence-electron chi connectivity index (χ0n) is 63.3. The molecule has 0 spiro atoms. The number of hydrogen-bond acceptors (Lipinski definition) is 6. The van der Waals surface area contributed by atoms with E-state index >= 15 is 0 Å². The van der Waals surface area contributed by atoms with Crippen LogP contribution in [0, 0.1) is 71.9 Å². The first kappa shape index (κ1) is 85.9. The third-order valence-electron chi connectivity index (χ3n) is 19.5. The minimum absolute atomic E-state index is 0. The molecule has 11 rings (SSSR count). The van der Waals surface area contributed by atoms with E-state index in [-0.39, 0.29) is 49.9 Å². The van der Waals surface area contributed by atoms with Gasteiger partial charge in [0.2, 0.25) is 0 Å². The molecule has 6 nitrogen and oxygen atoms in total. The summed E-state index contributed by atoms with van der Waals surface area (Å²) >= 11 is 4.94. The van der Waals surface area contributed by atoms with Gasteiger partial charge in [-0.3, -0.25) is 9.78 Å². The van der Waals surface area contributed by atoms with Crippen LogP contribution in [0.2, 0.25) is 0 Å². The molecule has 100 heavy (non-hydrogen) atoms. The number of pyridine rings is 4. The van der Waals surface area contributed by atoms with E-state index in [0.29, 0.717) is 23.7 Å². The second kappa shape index (κ2) is 40.3. The van der Waals surface area contributed by atoms with Gasteiger partial charge in [0.25, 0.3) is 0 Å². The van der Waals surface area contributed by atoms with Crippen LogP contribution in [0.25, 0.3) is 76.9 Å². The van der Waals surface area contributed by atoms with Crippen molar-refractivity contribution in [2.45, 2.75) is 201 Å². The van der Waals surface area contributed by atoms with Gasteiger partial charge < -0.3 is 22.5 Å². The molecule has 0 aliphatic carbocycles. The average Bonchev–Trinajstić information content (AvgIpc) is 0.804. The second-order valence-electron chi connectivity index (χ2n) is 28.0. The number of carbonyl (C=O) groups is 1. The Hall–Kier alpha value is -6.54. The fourth-order valence-electron chi connectivity index (χ4n) is 11.6. The molecule has 0 amide bonds. The number of ketones is 1. The Balaban J connectivity index is 0.000000265. The van der Waals surface area contributed by atoms with Crippen molar-refractivity contribution < 1.29 is 47.9 Å². The molecule has 4 unspecified atom stereocenters. The first-order valence-corrected chi connectivity index (χ1v) is 38.8. The Morgan fingerprint density at radius 3 is 1.11 bits per heavy atom. The Labute approximate surface area is 638 Å². The molecule has 0 fully saturated rings. The molecule has 4 heterocycles. The third kappa shape index (κ3) is 23.2. The van der Waals surface area contributed by atoms with Crippen molar-refractivity contribution in [1.82, 2.24) is 19.9 Å². The van der Waals surface area contributed by atoms with Crippen LogP contribution in [0.5, 0.6) is 0 Å². The van der Waals surface area contributed by atoms with Gasteiger partial charge in [0.15, 0.2) is 5.78 Å². The van der Waals surface area contributed by atoms with Crippen LogP contribution >= 0.6 is 25.5 Å². The van der Waals surface area contributed by atoms with E-state index in [0.717, 1.165) is 69.6 Å². The molecular formula is C90H108BrClIr2N4O2-. The van der Waals surface area contributed by atoms with Crippen molar-refractivity contribution >= 4 is 74.4 Å². The molecule has 7 aromatic carbocycles. The fraction of sp³-hybridized carbons (Fsp3) is 0.356. The average molecular weight is 1780 g/mol. The molecule has 11 aromatic rings. The van der Waals surface area contributed by atoms with E-state index in [2.05, 4.69) is 294 Å². The first-order valence-electron chi connectivity index (χ1n) is 35.0. The van der Waals surface area contributed by atoms with E-state index in [1.165, 1.54) is 130 Å². The molecule has 10 heteroatoms. The number of carbonyl (C=O) groups excluding carboxylic acids is 1. The number of aliphatic hydroxyl groups is 1. The van der Waals surface area contributed by atoms with Gasteiger partial charge >= 0.3 is 27.5 Å². The summed E-state index contributed by atoms with van der Waals surface area (Å²) in [6.45, 7) is 42.4. The Morgan fingerprint density at radius 2 is 0.770 bits per heavy atom. The molecule has 1 radical (unpaired) electrons. The van der Waals surface area contributed by atoms with E-state index < -0.39 is 0 Å². The zero-order chi connectivity index (χ0) is 72.2. The maximum absolute atomic E-state index is 11.8. The van der Waals surface area contributed by atoms with E-state index in [1.807, 2.05) is 66.3 Å². The van der Waals surface area contributed by atoms with Crippen LogP contribution in [0.15, 0.2) is 181 Å². The van der Waals surface area contributed by atoms with Crippen molar-refractivity contribution in [3.63, 3.8) is 0 Å². The zero-order valence-corrected chi connectivity index (χ0v) is 70.4. The Morgan fingerprint density at radius 1 is 0.460 bits per heavy atom. The normalized spacial score (nSPS) is 12.4. The summed E-state index contributed by atoms with van der Waals surface area (Å²) in [6.07, 6.45) is 15.2. The second-order valence-corrected chi connectivity index (χ2v) is 28.7.